The summed E-state index contributed by atoms with van der Waals surface area (Å²) in [7, 11) is 0. The second-order valence-corrected chi connectivity index (χ2v) is 5.42. The molecule has 0 saturated carbocycles. The van der Waals surface area contributed by atoms with E-state index in [-0.39, 0.29) is 30.5 Å². The van der Waals surface area contributed by atoms with Crippen LogP contribution in [0.5, 0.6) is 5.75 Å². The SMILES string of the molecule is O=C(CNC(=O)Cc1ccccc1)NCCCOc1ccccc1F. The summed E-state index contributed by atoms with van der Waals surface area (Å²) in [6.07, 6.45) is 0.780. The minimum Gasteiger partial charge on any atom is -0.490 e. The number of hydrogen-bond acceptors (Lipinski definition) is 3. The number of rotatable bonds is 9. The second-order valence-electron chi connectivity index (χ2n) is 5.42. The number of para-hydroxylation sites is 1. The zero-order valence-electron chi connectivity index (χ0n) is 13.8. The molecule has 0 bridgehead atoms. The van der Waals surface area contributed by atoms with E-state index in [2.05, 4.69) is 10.6 Å². The Labute approximate surface area is 146 Å². The molecule has 0 heterocycles. The van der Waals surface area contributed by atoms with Crippen molar-refractivity contribution in [2.45, 2.75) is 12.8 Å². The Morgan fingerprint density at radius 3 is 2.40 bits per heavy atom. The molecule has 0 aliphatic heterocycles. The highest BCUT2D eigenvalue weighted by atomic mass is 19.1. The molecule has 0 saturated heterocycles. The average Bonchev–Trinajstić information content (AvgIpc) is 2.62. The summed E-state index contributed by atoms with van der Waals surface area (Å²) in [6, 6.07) is 15.5. The first kappa shape index (κ1) is 18.4. The summed E-state index contributed by atoms with van der Waals surface area (Å²) < 4.78 is 18.6. The molecule has 0 fully saturated rings. The quantitative estimate of drug-likeness (QED) is 0.685. The van der Waals surface area contributed by atoms with Crippen LogP contribution in [0.15, 0.2) is 54.6 Å². The largest absolute Gasteiger partial charge is 0.490 e. The molecule has 2 aromatic rings. The van der Waals surface area contributed by atoms with Crippen LogP contribution in [0.25, 0.3) is 0 Å². The van der Waals surface area contributed by atoms with E-state index in [0.29, 0.717) is 19.6 Å². The zero-order valence-corrected chi connectivity index (χ0v) is 13.8. The number of amides is 2. The van der Waals surface area contributed by atoms with Crippen molar-refractivity contribution in [1.29, 1.82) is 0 Å². The summed E-state index contributed by atoms with van der Waals surface area (Å²) >= 11 is 0. The first-order chi connectivity index (χ1) is 12.1. The van der Waals surface area contributed by atoms with Gasteiger partial charge in [0.1, 0.15) is 0 Å². The molecule has 6 heteroatoms. The fourth-order valence-electron chi connectivity index (χ4n) is 2.13. The van der Waals surface area contributed by atoms with E-state index in [1.165, 1.54) is 6.07 Å². The molecule has 2 N–H and O–H groups in total. The summed E-state index contributed by atoms with van der Waals surface area (Å²) in [5.41, 5.74) is 0.894. The van der Waals surface area contributed by atoms with Gasteiger partial charge in [0.2, 0.25) is 11.8 Å². The molecule has 2 aromatic carbocycles. The third-order valence-electron chi connectivity index (χ3n) is 3.39. The average molecular weight is 344 g/mol. The van der Waals surface area contributed by atoms with Crippen LogP contribution in [0.2, 0.25) is 0 Å². The molecule has 0 unspecified atom stereocenters. The molecule has 2 amide bonds. The lowest BCUT2D eigenvalue weighted by atomic mass is 10.1. The van der Waals surface area contributed by atoms with Crippen LogP contribution in [0.1, 0.15) is 12.0 Å². The van der Waals surface area contributed by atoms with E-state index >= 15 is 0 Å². The Morgan fingerprint density at radius 2 is 1.64 bits per heavy atom. The van der Waals surface area contributed by atoms with Gasteiger partial charge in [-0.15, -0.1) is 0 Å². The van der Waals surface area contributed by atoms with Crippen molar-refractivity contribution in [3.05, 3.63) is 66.0 Å². The van der Waals surface area contributed by atoms with Gasteiger partial charge in [-0.25, -0.2) is 4.39 Å². The first-order valence-electron chi connectivity index (χ1n) is 8.10. The highest BCUT2D eigenvalue weighted by molar-refractivity contribution is 5.85. The summed E-state index contributed by atoms with van der Waals surface area (Å²) in [4.78, 5) is 23.4. The van der Waals surface area contributed by atoms with Crippen molar-refractivity contribution in [1.82, 2.24) is 10.6 Å². The van der Waals surface area contributed by atoms with Crippen molar-refractivity contribution < 1.29 is 18.7 Å². The van der Waals surface area contributed by atoms with E-state index in [4.69, 9.17) is 4.74 Å². The molecule has 0 spiro atoms. The summed E-state index contributed by atoms with van der Waals surface area (Å²) in [5, 5.41) is 5.25. The van der Waals surface area contributed by atoms with Gasteiger partial charge in [0.05, 0.1) is 19.6 Å². The zero-order chi connectivity index (χ0) is 17.9. The van der Waals surface area contributed by atoms with Crippen molar-refractivity contribution in [3.63, 3.8) is 0 Å². The van der Waals surface area contributed by atoms with Gasteiger partial charge >= 0.3 is 0 Å². The summed E-state index contributed by atoms with van der Waals surface area (Å²) in [5.74, 6) is -0.689. The number of benzene rings is 2. The Balaban J connectivity index is 1.55. The fourth-order valence-corrected chi connectivity index (χ4v) is 2.13. The Hall–Kier alpha value is -2.89. The molecule has 0 atom stereocenters. The minimum absolute atomic E-state index is 0.0696. The first-order valence-corrected chi connectivity index (χ1v) is 8.10. The Kier molecular flexibility index (Phi) is 7.43. The highest BCUT2D eigenvalue weighted by Gasteiger charge is 2.06. The third kappa shape index (κ3) is 7.03. The maximum atomic E-state index is 13.3. The lowest BCUT2D eigenvalue weighted by Gasteiger charge is -2.09. The summed E-state index contributed by atoms with van der Waals surface area (Å²) in [6.45, 7) is 0.614. The van der Waals surface area contributed by atoms with Crippen molar-refractivity contribution in [3.8, 4) is 5.75 Å². The van der Waals surface area contributed by atoms with E-state index < -0.39 is 5.82 Å². The number of halogens is 1. The van der Waals surface area contributed by atoms with Gasteiger partial charge in [0.15, 0.2) is 11.6 Å². The minimum atomic E-state index is -0.410. The van der Waals surface area contributed by atoms with Crippen molar-refractivity contribution >= 4 is 11.8 Å². The van der Waals surface area contributed by atoms with Crippen LogP contribution in [0.3, 0.4) is 0 Å². The molecule has 0 radical (unpaired) electrons. The molecule has 0 aromatic heterocycles. The number of carbonyl (C=O) groups is 2. The second kappa shape index (κ2) is 10.1. The molecule has 2 rings (SSSR count). The van der Waals surface area contributed by atoms with E-state index in [1.807, 2.05) is 30.3 Å². The third-order valence-corrected chi connectivity index (χ3v) is 3.39. The van der Waals surface area contributed by atoms with Crippen LogP contribution < -0.4 is 15.4 Å². The van der Waals surface area contributed by atoms with Crippen molar-refractivity contribution in [2.24, 2.45) is 0 Å². The molecular formula is C19H21FN2O3. The molecule has 132 valence electrons. The maximum Gasteiger partial charge on any atom is 0.239 e. The maximum absolute atomic E-state index is 13.3. The normalized spacial score (nSPS) is 10.1. The lowest BCUT2D eigenvalue weighted by molar-refractivity contribution is -0.125. The molecule has 0 aliphatic carbocycles. The highest BCUT2D eigenvalue weighted by Crippen LogP contribution is 2.15. The fraction of sp³-hybridized carbons (Fsp3) is 0.263. The lowest BCUT2D eigenvalue weighted by Crippen LogP contribution is -2.38. The van der Waals surface area contributed by atoms with Crippen LogP contribution in [0, 0.1) is 5.82 Å². The van der Waals surface area contributed by atoms with Gasteiger partial charge in [-0.3, -0.25) is 9.59 Å². The molecule has 0 aliphatic rings. The number of ether oxygens (including phenoxy) is 1. The standard InChI is InChI=1S/C19H21FN2O3/c20-16-9-4-5-10-17(16)25-12-6-11-21-19(24)14-22-18(23)13-15-7-2-1-3-8-15/h1-5,7-10H,6,11-14H2,(H,21,24)(H,22,23). The van der Waals surface area contributed by atoms with Gasteiger partial charge in [-0.05, 0) is 24.1 Å². The van der Waals surface area contributed by atoms with Gasteiger partial charge < -0.3 is 15.4 Å². The molecule has 25 heavy (non-hydrogen) atoms. The predicted octanol–water partition coefficient (Wildman–Crippen LogP) is 2.07. The van der Waals surface area contributed by atoms with E-state index in [0.717, 1.165) is 5.56 Å². The van der Waals surface area contributed by atoms with Crippen LogP contribution in [-0.4, -0.2) is 31.5 Å². The van der Waals surface area contributed by atoms with Gasteiger partial charge in [-0.1, -0.05) is 42.5 Å². The van der Waals surface area contributed by atoms with Gasteiger partial charge in [-0.2, -0.15) is 0 Å². The molecular weight excluding hydrogens is 323 g/mol. The smallest absolute Gasteiger partial charge is 0.239 e. The monoisotopic (exact) mass is 344 g/mol. The molecule has 5 nitrogen and oxygen atoms in total. The van der Waals surface area contributed by atoms with Crippen LogP contribution in [-0.2, 0) is 16.0 Å². The van der Waals surface area contributed by atoms with Crippen molar-refractivity contribution in [2.75, 3.05) is 19.7 Å². The number of nitrogens with one attached hydrogen (secondary N) is 2. The topological polar surface area (TPSA) is 67.4 Å². The Morgan fingerprint density at radius 1 is 0.920 bits per heavy atom. The number of carbonyl (C=O) groups excluding carboxylic acids is 2. The van der Waals surface area contributed by atoms with Gasteiger partial charge in [0, 0.05) is 6.54 Å². The Bertz CT molecular complexity index is 692. The number of hydrogen-bond donors (Lipinski definition) is 2. The predicted molar refractivity (Wildman–Crippen MR) is 92.7 cm³/mol. The van der Waals surface area contributed by atoms with Gasteiger partial charge in [0.25, 0.3) is 0 Å². The van der Waals surface area contributed by atoms with Crippen LogP contribution >= 0.6 is 0 Å². The van der Waals surface area contributed by atoms with E-state index in [1.54, 1.807) is 18.2 Å². The van der Waals surface area contributed by atoms with E-state index in [9.17, 15) is 14.0 Å². The van der Waals surface area contributed by atoms with Crippen LogP contribution in [0.4, 0.5) is 4.39 Å².